The first-order chi connectivity index (χ1) is 8.07. The smallest absolute Gasteiger partial charge is 0.238 e. The second kappa shape index (κ2) is 4.53. The lowest BCUT2D eigenvalue weighted by molar-refractivity contribution is 0.434. The normalized spacial score (nSPS) is 11.2. The van der Waals surface area contributed by atoms with Crippen LogP contribution in [-0.2, 0) is 5.41 Å². The summed E-state index contributed by atoms with van der Waals surface area (Å²) < 4.78 is 5.76. The average Bonchev–Trinajstić information content (AvgIpc) is 2.30. The predicted octanol–water partition coefficient (Wildman–Crippen LogP) is 3.57. The van der Waals surface area contributed by atoms with Gasteiger partial charge in [-0.1, -0.05) is 39.0 Å². The van der Waals surface area contributed by atoms with Crippen molar-refractivity contribution in [1.29, 1.82) is 0 Å². The van der Waals surface area contributed by atoms with Gasteiger partial charge in [0.2, 0.25) is 5.88 Å². The molecule has 3 nitrogen and oxygen atoms in total. The Labute approximate surface area is 101 Å². The third kappa shape index (κ3) is 2.81. The molecule has 3 heteroatoms. The molecular formula is C14H16N2O. The molecule has 0 amide bonds. The van der Waals surface area contributed by atoms with E-state index in [1.165, 1.54) is 0 Å². The summed E-state index contributed by atoms with van der Waals surface area (Å²) in [4.78, 5) is 0. The summed E-state index contributed by atoms with van der Waals surface area (Å²) in [6, 6.07) is 11.6. The molecule has 1 aromatic carbocycles. The van der Waals surface area contributed by atoms with E-state index in [1.807, 2.05) is 24.3 Å². The van der Waals surface area contributed by atoms with Gasteiger partial charge in [0.25, 0.3) is 0 Å². The number of nitrogens with zero attached hydrogens (tertiary/aromatic N) is 2. The largest absolute Gasteiger partial charge is 0.437 e. The SMILES string of the molecule is CC(C)(C)c1ccccc1Oc1cccnn1. The number of hydrogen-bond donors (Lipinski definition) is 0. The van der Waals surface area contributed by atoms with E-state index in [4.69, 9.17) is 4.74 Å². The average molecular weight is 228 g/mol. The minimum absolute atomic E-state index is 0.0405. The molecule has 0 bridgehead atoms. The van der Waals surface area contributed by atoms with Crippen LogP contribution in [0.3, 0.4) is 0 Å². The zero-order valence-electron chi connectivity index (χ0n) is 10.3. The van der Waals surface area contributed by atoms with Crippen LogP contribution in [0.25, 0.3) is 0 Å². The maximum absolute atomic E-state index is 5.76. The van der Waals surface area contributed by atoms with Gasteiger partial charge in [-0.05, 0) is 17.5 Å². The molecule has 0 aliphatic carbocycles. The van der Waals surface area contributed by atoms with Crippen molar-refractivity contribution >= 4 is 0 Å². The molecule has 0 atom stereocenters. The number of aromatic nitrogens is 2. The van der Waals surface area contributed by atoms with Crippen molar-refractivity contribution in [2.75, 3.05) is 0 Å². The lowest BCUT2D eigenvalue weighted by atomic mass is 9.86. The van der Waals surface area contributed by atoms with E-state index in [9.17, 15) is 0 Å². The van der Waals surface area contributed by atoms with Crippen LogP contribution in [0.1, 0.15) is 26.3 Å². The Morgan fingerprint density at radius 1 is 1.00 bits per heavy atom. The Kier molecular flexibility index (Phi) is 3.09. The van der Waals surface area contributed by atoms with Crippen molar-refractivity contribution in [2.45, 2.75) is 26.2 Å². The van der Waals surface area contributed by atoms with Crippen molar-refractivity contribution in [3.8, 4) is 11.6 Å². The van der Waals surface area contributed by atoms with Gasteiger partial charge >= 0.3 is 0 Å². The van der Waals surface area contributed by atoms with Crippen LogP contribution >= 0.6 is 0 Å². The maximum Gasteiger partial charge on any atom is 0.238 e. The Hall–Kier alpha value is -1.90. The summed E-state index contributed by atoms with van der Waals surface area (Å²) in [5.41, 5.74) is 1.20. The summed E-state index contributed by atoms with van der Waals surface area (Å²) in [5, 5.41) is 7.72. The molecule has 17 heavy (non-hydrogen) atoms. The van der Waals surface area contributed by atoms with Gasteiger partial charge < -0.3 is 4.74 Å². The number of para-hydroxylation sites is 1. The second-order valence-corrected chi connectivity index (χ2v) is 4.91. The minimum Gasteiger partial charge on any atom is -0.437 e. The summed E-state index contributed by atoms with van der Waals surface area (Å²) in [7, 11) is 0. The molecule has 0 fully saturated rings. The minimum atomic E-state index is 0.0405. The van der Waals surface area contributed by atoms with Gasteiger partial charge in [-0.2, -0.15) is 5.10 Å². The maximum atomic E-state index is 5.76. The van der Waals surface area contributed by atoms with Crippen LogP contribution in [-0.4, -0.2) is 10.2 Å². The number of hydrogen-bond acceptors (Lipinski definition) is 3. The topological polar surface area (TPSA) is 35.0 Å². The molecule has 0 saturated carbocycles. The molecule has 0 spiro atoms. The molecular weight excluding hydrogens is 212 g/mol. The molecule has 2 aromatic rings. The Morgan fingerprint density at radius 2 is 1.76 bits per heavy atom. The molecule has 0 aliphatic heterocycles. The third-order valence-electron chi connectivity index (χ3n) is 2.46. The van der Waals surface area contributed by atoms with Crippen molar-refractivity contribution in [3.05, 3.63) is 48.2 Å². The van der Waals surface area contributed by atoms with Gasteiger partial charge in [0.1, 0.15) is 5.75 Å². The lowest BCUT2D eigenvalue weighted by Crippen LogP contribution is -2.12. The van der Waals surface area contributed by atoms with E-state index in [0.29, 0.717) is 5.88 Å². The van der Waals surface area contributed by atoms with Crippen molar-refractivity contribution in [2.24, 2.45) is 0 Å². The quantitative estimate of drug-likeness (QED) is 0.788. The summed E-state index contributed by atoms with van der Waals surface area (Å²) in [5.74, 6) is 1.35. The Morgan fingerprint density at radius 3 is 2.41 bits per heavy atom. The monoisotopic (exact) mass is 228 g/mol. The highest BCUT2D eigenvalue weighted by atomic mass is 16.5. The van der Waals surface area contributed by atoms with E-state index >= 15 is 0 Å². The first-order valence-electron chi connectivity index (χ1n) is 5.62. The van der Waals surface area contributed by atoms with Crippen LogP contribution in [0.4, 0.5) is 0 Å². The van der Waals surface area contributed by atoms with Gasteiger partial charge in [-0.15, -0.1) is 5.10 Å². The fourth-order valence-corrected chi connectivity index (χ4v) is 1.63. The zero-order chi connectivity index (χ0) is 12.3. The summed E-state index contributed by atoms with van der Waals surface area (Å²) in [6.07, 6.45) is 1.63. The molecule has 2 rings (SSSR count). The van der Waals surface area contributed by atoms with Crippen LogP contribution in [0, 0.1) is 0 Å². The van der Waals surface area contributed by atoms with Gasteiger partial charge in [-0.3, -0.25) is 0 Å². The van der Waals surface area contributed by atoms with Gasteiger partial charge in [0.05, 0.1) is 0 Å². The van der Waals surface area contributed by atoms with Crippen LogP contribution < -0.4 is 4.74 Å². The molecule has 0 unspecified atom stereocenters. The molecule has 88 valence electrons. The molecule has 0 saturated heterocycles. The first kappa shape index (κ1) is 11.6. The molecule has 0 N–H and O–H groups in total. The van der Waals surface area contributed by atoms with Crippen LogP contribution in [0.5, 0.6) is 11.6 Å². The lowest BCUT2D eigenvalue weighted by Gasteiger charge is -2.22. The molecule has 0 radical (unpaired) electrons. The van der Waals surface area contributed by atoms with E-state index < -0.39 is 0 Å². The van der Waals surface area contributed by atoms with Gasteiger partial charge in [0.15, 0.2) is 0 Å². The number of rotatable bonds is 2. The second-order valence-electron chi connectivity index (χ2n) is 4.91. The fourth-order valence-electron chi connectivity index (χ4n) is 1.63. The van der Waals surface area contributed by atoms with Gasteiger partial charge in [0, 0.05) is 17.8 Å². The highest BCUT2D eigenvalue weighted by Crippen LogP contribution is 2.32. The van der Waals surface area contributed by atoms with E-state index in [0.717, 1.165) is 11.3 Å². The van der Waals surface area contributed by atoms with Crippen molar-refractivity contribution in [1.82, 2.24) is 10.2 Å². The van der Waals surface area contributed by atoms with Crippen molar-refractivity contribution in [3.63, 3.8) is 0 Å². The van der Waals surface area contributed by atoms with E-state index in [2.05, 4.69) is 37.0 Å². The first-order valence-corrected chi connectivity index (χ1v) is 5.62. The fraction of sp³-hybridized carbons (Fsp3) is 0.286. The van der Waals surface area contributed by atoms with Crippen molar-refractivity contribution < 1.29 is 4.74 Å². The Bertz CT molecular complexity index is 489. The number of benzene rings is 1. The third-order valence-corrected chi connectivity index (χ3v) is 2.46. The van der Waals surface area contributed by atoms with Crippen LogP contribution in [0.2, 0.25) is 0 Å². The molecule has 1 aromatic heterocycles. The van der Waals surface area contributed by atoms with E-state index in [1.54, 1.807) is 12.3 Å². The zero-order valence-corrected chi connectivity index (χ0v) is 10.3. The standard InChI is InChI=1S/C14H16N2O/c1-14(2,3)11-7-4-5-8-12(11)17-13-9-6-10-15-16-13/h4-10H,1-3H3. The molecule has 0 aliphatic rings. The highest BCUT2D eigenvalue weighted by molar-refractivity contribution is 5.40. The molecule has 1 heterocycles. The number of ether oxygens (including phenoxy) is 1. The van der Waals surface area contributed by atoms with E-state index in [-0.39, 0.29) is 5.41 Å². The Balaban J connectivity index is 2.34. The van der Waals surface area contributed by atoms with Crippen LogP contribution in [0.15, 0.2) is 42.6 Å². The van der Waals surface area contributed by atoms with Gasteiger partial charge in [-0.25, -0.2) is 0 Å². The summed E-state index contributed by atoms with van der Waals surface area (Å²) in [6.45, 7) is 6.48. The summed E-state index contributed by atoms with van der Waals surface area (Å²) >= 11 is 0. The predicted molar refractivity (Wildman–Crippen MR) is 67.2 cm³/mol. The highest BCUT2D eigenvalue weighted by Gasteiger charge is 2.18.